The van der Waals surface area contributed by atoms with E-state index in [9.17, 15) is 0 Å². The summed E-state index contributed by atoms with van der Waals surface area (Å²) in [7, 11) is 0. The average molecular weight is 202 g/mol. The Morgan fingerprint density at radius 3 is 2.43 bits per heavy atom. The van der Waals surface area contributed by atoms with Gasteiger partial charge in [0.15, 0.2) is 0 Å². The second-order valence-corrected chi connectivity index (χ2v) is 4.34. The standard InChI is InChI=1S/C12H26O2/c1-4-5-6-7-12(10-11(2)3)14-9-8-13/h11-13H,4-10H2,1-3H3. The molecule has 0 aromatic heterocycles. The first-order chi connectivity index (χ1) is 6.70. The molecule has 2 nitrogen and oxygen atoms in total. The lowest BCUT2D eigenvalue weighted by Crippen LogP contribution is -2.17. The molecule has 0 bridgehead atoms. The lowest BCUT2D eigenvalue weighted by atomic mass is 10.0. The highest BCUT2D eigenvalue weighted by molar-refractivity contribution is 4.61. The van der Waals surface area contributed by atoms with E-state index in [1.165, 1.54) is 19.3 Å². The quantitative estimate of drug-likeness (QED) is 0.582. The minimum Gasteiger partial charge on any atom is -0.394 e. The largest absolute Gasteiger partial charge is 0.394 e. The molecule has 0 heterocycles. The summed E-state index contributed by atoms with van der Waals surface area (Å²) in [6, 6.07) is 0. The van der Waals surface area contributed by atoms with Crippen LogP contribution in [0.2, 0.25) is 0 Å². The number of aliphatic hydroxyl groups excluding tert-OH is 1. The summed E-state index contributed by atoms with van der Waals surface area (Å²) in [4.78, 5) is 0. The number of unbranched alkanes of at least 4 members (excludes halogenated alkanes) is 2. The molecule has 0 amide bonds. The molecule has 1 unspecified atom stereocenters. The molecule has 86 valence electrons. The van der Waals surface area contributed by atoms with Crippen LogP contribution in [0, 0.1) is 5.92 Å². The second kappa shape index (κ2) is 9.47. The summed E-state index contributed by atoms with van der Waals surface area (Å²) >= 11 is 0. The van der Waals surface area contributed by atoms with E-state index in [4.69, 9.17) is 9.84 Å². The summed E-state index contributed by atoms with van der Waals surface area (Å²) in [6.45, 7) is 7.28. The maximum atomic E-state index is 8.70. The van der Waals surface area contributed by atoms with E-state index in [1.807, 2.05) is 0 Å². The van der Waals surface area contributed by atoms with Crippen LogP contribution in [-0.2, 0) is 4.74 Å². The highest BCUT2D eigenvalue weighted by atomic mass is 16.5. The zero-order valence-electron chi connectivity index (χ0n) is 9.96. The van der Waals surface area contributed by atoms with Crippen LogP contribution >= 0.6 is 0 Å². The molecule has 0 spiro atoms. The molecule has 0 saturated carbocycles. The Hall–Kier alpha value is -0.0800. The van der Waals surface area contributed by atoms with Crippen molar-refractivity contribution in [1.82, 2.24) is 0 Å². The van der Waals surface area contributed by atoms with Crippen molar-refractivity contribution >= 4 is 0 Å². The summed E-state index contributed by atoms with van der Waals surface area (Å²) in [5.74, 6) is 0.681. The lowest BCUT2D eigenvalue weighted by Gasteiger charge is -2.19. The van der Waals surface area contributed by atoms with Crippen molar-refractivity contribution < 1.29 is 9.84 Å². The van der Waals surface area contributed by atoms with Crippen LogP contribution in [-0.4, -0.2) is 24.4 Å². The molecule has 1 atom stereocenters. The fraction of sp³-hybridized carbons (Fsp3) is 1.00. The maximum Gasteiger partial charge on any atom is 0.0701 e. The first-order valence-corrected chi connectivity index (χ1v) is 5.93. The van der Waals surface area contributed by atoms with E-state index in [1.54, 1.807) is 0 Å². The molecule has 14 heavy (non-hydrogen) atoms. The van der Waals surface area contributed by atoms with E-state index < -0.39 is 0 Å². The first kappa shape index (κ1) is 13.9. The van der Waals surface area contributed by atoms with Gasteiger partial charge in [0.05, 0.1) is 19.3 Å². The summed E-state index contributed by atoms with van der Waals surface area (Å²) in [5, 5.41) is 8.70. The third kappa shape index (κ3) is 8.52. The van der Waals surface area contributed by atoms with Crippen molar-refractivity contribution in [2.45, 2.75) is 59.0 Å². The van der Waals surface area contributed by atoms with Crippen molar-refractivity contribution in [3.05, 3.63) is 0 Å². The van der Waals surface area contributed by atoms with Gasteiger partial charge in [0.2, 0.25) is 0 Å². The van der Waals surface area contributed by atoms with Crippen LogP contribution in [0.25, 0.3) is 0 Å². The van der Waals surface area contributed by atoms with E-state index in [2.05, 4.69) is 20.8 Å². The van der Waals surface area contributed by atoms with Gasteiger partial charge in [0, 0.05) is 0 Å². The number of aliphatic hydroxyl groups is 1. The van der Waals surface area contributed by atoms with Crippen molar-refractivity contribution in [2.75, 3.05) is 13.2 Å². The highest BCUT2D eigenvalue weighted by Gasteiger charge is 2.10. The van der Waals surface area contributed by atoms with E-state index >= 15 is 0 Å². The first-order valence-electron chi connectivity index (χ1n) is 5.93. The van der Waals surface area contributed by atoms with Crippen LogP contribution in [0.15, 0.2) is 0 Å². The van der Waals surface area contributed by atoms with Gasteiger partial charge in [-0.3, -0.25) is 0 Å². The normalized spacial score (nSPS) is 13.5. The highest BCUT2D eigenvalue weighted by Crippen LogP contribution is 2.15. The van der Waals surface area contributed by atoms with Crippen LogP contribution < -0.4 is 0 Å². The molecular formula is C12H26O2. The summed E-state index contributed by atoms with van der Waals surface area (Å²) < 4.78 is 5.60. The Kier molecular flexibility index (Phi) is 9.42. The molecule has 2 heteroatoms. The Balaban J connectivity index is 3.61. The average Bonchev–Trinajstić information content (AvgIpc) is 2.13. The fourth-order valence-corrected chi connectivity index (χ4v) is 1.64. The van der Waals surface area contributed by atoms with Crippen LogP contribution in [0.1, 0.15) is 52.9 Å². The molecule has 0 aromatic carbocycles. The molecule has 0 aromatic rings. The molecule has 0 saturated heterocycles. The predicted molar refractivity (Wildman–Crippen MR) is 60.4 cm³/mol. The minimum atomic E-state index is 0.141. The number of ether oxygens (including phenoxy) is 1. The van der Waals surface area contributed by atoms with Gasteiger partial charge >= 0.3 is 0 Å². The van der Waals surface area contributed by atoms with Crippen LogP contribution in [0.4, 0.5) is 0 Å². The Morgan fingerprint density at radius 1 is 1.21 bits per heavy atom. The number of hydrogen-bond donors (Lipinski definition) is 1. The van der Waals surface area contributed by atoms with Crippen molar-refractivity contribution in [3.63, 3.8) is 0 Å². The van der Waals surface area contributed by atoms with E-state index in [-0.39, 0.29) is 6.61 Å². The van der Waals surface area contributed by atoms with Crippen molar-refractivity contribution in [3.8, 4) is 0 Å². The van der Waals surface area contributed by atoms with Gasteiger partial charge in [-0.05, 0) is 18.8 Å². The Labute approximate surface area is 88.7 Å². The number of rotatable bonds is 9. The smallest absolute Gasteiger partial charge is 0.0701 e. The van der Waals surface area contributed by atoms with Gasteiger partial charge in [-0.1, -0.05) is 40.0 Å². The Bertz CT molecular complexity index is 113. The Morgan fingerprint density at radius 2 is 1.93 bits per heavy atom. The SMILES string of the molecule is CCCCCC(CC(C)C)OCCO. The monoisotopic (exact) mass is 202 g/mol. The molecule has 1 N–H and O–H groups in total. The molecule has 0 aliphatic heterocycles. The predicted octanol–water partition coefficient (Wildman–Crippen LogP) is 2.99. The molecular weight excluding hydrogens is 176 g/mol. The number of hydrogen-bond acceptors (Lipinski definition) is 2. The van der Waals surface area contributed by atoms with Gasteiger partial charge in [-0.2, -0.15) is 0 Å². The van der Waals surface area contributed by atoms with Gasteiger partial charge < -0.3 is 9.84 Å². The molecule has 0 fully saturated rings. The van der Waals surface area contributed by atoms with Crippen LogP contribution in [0.3, 0.4) is 0 Å². The topological polar surface area (TPSA) is 29.5 Å². The van der Waals surface area contributed by atoms with Gasteiger partial charge in [-0.25, -0.2) is 0 Å². The third-order valence-electron chi connectivity index (χ3n) is 2.31. The fourth-order valence-electron chi connectivity index (χ4n) is 1.64. The summed E-state index contributed by atoms with van der Waals surface area (Å²) in [5.41, 5.74) is 0. The van der Waals surface area contributed by atoms with Gasteiger partial charge in [0.1, 0.15) is 0 Å². The van der Waals surface area contributed by atoms with Crippen molar-refractivity contribution in [1.29, 1.82) is 0 Å². The molecule has 0 aliphatic rings. The van der Waals surface area contributed by atoms with E-state index in [0.29, 0.717) is 18.6 Å². The second-order valence-electron chi connectivity index (χ2n) is 4.34. The van der Waals surface area contributed by atoms with Gasteiger partial charge in [-0.15, -0.1) is 0 Å². The zero-order chi connectivity index (χ0) is 10.8. The third-order valence-corrected chi connectivity index (χ3v) is 2.31. The maximum absolute atomic E-state index is 8.70. The van der Waals surface area contributed by atoms with Crippen LogP contribution in [0.5, 0.6) is 0 Å². The van der Waals surface area contributed by atoms with Gasteiger partial charge in [0.25, 0.3) is 0 Å². The van der Waals surface area contributed by atoms with E-state index in [0.717, 1.165) is 12.8 Å². The molecule has 0 radical (unpaired) electrons. The lowest BCUT2D eigenvalue weighted by molar-refractivity contribution is 0.0116. The zero-order valence-corrected chi connectivity index (χ0v) is 9.96. The minimum absolute atomic E-state index is 0.141. The molecule has 0 rings (SSSR count). The summed E-state index contributed by atoms with van der Waals surface area (Å²) in [6.07, 6.45) is 6.41. The molecule has 0 aliphatic carbocycles. The van der Waals surface area contributed by atoms with Crippen molar-refractivity contribution in [2.24, 2.45) is 5.92 Å².